The van der Waals surface area contributed by atoms with E-state index in [2.05, 4.69) is 20.4 Å². The first kappa shape index (κ1) is 13.9. The predicted molar refractivity (Wildman–Crippen MR) is 80.9 cm³/mol. The van der Waals surface area contributed by atoms with Crippen molar-refractivity contribution in [2.45, 2.75) is 12.1 Å². The van der Waals surface area contributed by atoms with Gasteiger partial charge in [-0.2, -0.15) is 5.10 Å². The number of rotatable bonds is 4. The lowest BCUT2D eigenvalue weighted by molar-refractivity contribution is 0.179. The van der Waals surface area contributed by atoms with Crippen LogP contribution in [0.4, 0.5) is 0 Å². The van der Waals surface area contributed by atoms with Crippen LogP contribution < -0.4 is 4.74 Å². The molecule has 0 radical (unpaired) electrons. The zero-order chi connectivity index (χ0) is 15.6. The molecule has 4 rings (SSSR count). The fourth-order valence-corrected chi connectivity index (χ4v) is 2.83. The second kappa shape index (κ2) is 5.81. The van der Waals surface area contributed by atoms with Crippen LogP contribution in [-0.4, -0.2) is 50.1 Å². The summed E-state index contributed by atoms with van der Waals surface area (Å²) in [6.45, 7) is 1.19. The van der Waals surface area contributed by atoms with E-state index in [-0.39, 0.29) is 12.1 Å². The lowest BCUT2D eigenvalue weighted by Gasteiger charge is -2.17. The molecule has 0 N–H and O–H groups in total. The Morgan fingerprint density at radius 3 is 2.87 bits per heavy atom. The summed E-state index contributed by atoms with van der Waals surface area (Å²) in [5.74, 6) is 0.721. The van der Waals surface area contributed by atoms with E-state index in [1.165, 1.54) is 0 Å². The number of ether oxygens (including phenoxy) is 2. The lowest BCUT2D eigenvalue weighted by Crippen LogP contribution is -2.22. The van der Waals surface area contributed by atoms with Crippen LogP contribution in [0.3, 0.4) is 0 Å². The van der Waals surface area contributed by atoms with Gasteiger partial charge >= 0.3 is 0 Å². The first-order valence-corrected chi connectivity index (χ1v) is 7.34. The van der Waals surface area contributed by atoms with Crippen LogP contribution in [0, 0.1) is 0 Å². The summed E-state index contributed by atoms with van der Waals surface area (Å²) in [5, 5.41) is 12.8. The van der Waals surface area contributed by atoms with Crippen molar-refractivity contribution in [2.24, 2.45) is 0 Å². The number of methoxy groups -OCH3 is 1. The van der Waals surface area contributed by atoms with Gasteiger partial charge < -0.3 is 9.47 Å². The lowest BCUT2D eigenvalue weighted by atomic mass is 10.1. The first-order chi connectivity index (χ1) is 11.4. The Morgan fingerprint density at radius 2 is 2.09 bits per heavy atom. The van der Waals surface area contributed by atoms with Crippen LogP contribution in [0.5, 0.6) is 5.75 Å². The molecule has 1 saturated heterocycles. The Balaban J connectivity index is 1.65. The molecular formula is C15H16N6O2. The smallest absolute Gasteiger partial charge is 0.131 e. The molecule has 0 saturated carbocycles. The summed E-state index contributed by atoms with van der Waals surface area (Å²) in [6.07, 6.45) is 9.01. The molecule has 4 heterocycles. The van der Waals surface area contributed by atoms with E-state index in [0.717, 1.165) is 17.0 Å². The minimum atomic E-state index is 0.0545. The van der Waals surface area contributed by atoms with Crippen molar-refractivity contribution >= 4 is 0 Å². The van der Waals surface area contributed by atoms with Gasteiger partial charge in [-0.25, -0.2) is 4.68 Å². The van der Waals surface area contributed by atoms with E-state index in [4.69, 9.17) is 9.47 Å². The van der Waals surface area contributed by atoms with Gasteiger partial charge in [-0.15, -0.1) is 5.10 Å². The fourth-order valence-electron chi connectivity index (χ4n) is 2.83. The molecule has 23 heavy (non-hydrogen) atoms. The zero-order valence-corrected chi connectivity index (χ0v) is 12.6. The fraction of sp³-hybridized carbons (Fsp3) is 0.333. The molecule has 2 atom stereocenters. The monoisotopic (exact) mass is 312 g/mol. The standard InChI is InChI=1S/C15H16N6O2/c1-22-15-3-5-16-7-11(15)12-8-21(19-18-12)14-10-23-9-13(14)20-6-2-4-17-20/h2-8,13-14H,9-10H2,1H3/t13-,14+/m0/s1. The third kappa shape index (κ3) is 2.46. The van der Waals surface area contributed by atoms with Crippen LogP contribution in [-0.2, 0) is 4.74 Å². The van der Waals surface area contributed by atoms with Crippen molar-refractivity contribution in [3.05, 3.63) is 43.1 Å². The van der Waals surface area contributed by atoms with Crippen LogP contribution in [0.1, 0.15) is 12.1 Å². The van der Waals surface area contributed by atoms with Gasteiger partial charge in [0.1, 0.15) is 17.5 Å². The highest BCUT2D eigenvalue weighted by atomic mass is 16.5. The third-order valence-corrected chi connectivity index (χ3v) is 4.01. The second-order valence-corrected chi connectivity index (χ2v) is 5.32. The number of nitrogens with zero attached hydrogens (tertiary/aromatic N) is 6. The SMILES string of the molecule is COc1ccncc1-c1cn([C@@H]2COC[C@@H]2n2cccn2)nn1. The van der Waals surface area contributed by atoms with Crippen molar-refractivity contribution in [1.82, 2.24) is 29.8 Å². The summed E-state index contributed by atoms with van der Waals surface area (Å²) in [6, 6.07) is 3.87. The molecule has 0 bridgehead atoms. The molecule has 8 nitrogen and oxygen atoms in total. The maximum Gasteiger partial charge on any atom is 0.131 e. The summed E-state index contributed by atoms with van der Waals surface area (Å²) >= 11 is 0. The predicted octanol–water partition coefficient (Wildman–Crippen LogP) is 1.36. The second-order valence-electron chi connectivity index (χ2n) is 5.32. The number of pyridine rings is 1. The van der Waals surface area contributed by atoms with Crippen molar-refractivity contribution in [3.63, 3.8) is 0 Å². The van der Waals surface area contributed by atoms with Crippen molar-refractivity contribution < 1.29 is 9.47 Å². The van der Waals surface area contributed by atoms with E-state index in [1.807, 2.05) is 27.8 Å². The average molecular weight is 312 g/mol. The molecule has 8 heteroatoms. The summed E-state index contributed by atoms with van der Waals surface area (Å²) in [5.41, 5.74) is 1.54. The van der Waals surface area contributed by atoms with Gasteiger partial charge in [0.05, 0.1) is 38.1 Å². The van der Waals surface area contributed by atoms with Crippen LogP contribution >= 0.6 is 0 Å². The topological polar surface area (TPSA) is 79.9 Å². The minimum absolute atomic E-state index is 0.0545. The van der Waals surface area contributed by atoms with Gasteiger partial charge in [-0.3, -0.25) is 9.67 Å². The van der Waals surface area contributed by atoms with Crippen molar-refractivity contribution in [2.75, 3.05) is 20.3 Å². The summed E-state index contributed by atoms with van der Waals surface area (Å²) in [4.78, 5) is 4.14. The molecule has 0 aromatic carbocycles. The number of aromatic nitrogens is 6. The Labute approximate surface area is 132 Å². The zero-order valence-electron chi connectivity index (χ0n) is 12.6. The van der Waals surface area contributed by atoms with Crippen molar-refractivity contribution in [1.29, 1.82) is 0 Å². The van der Waals surface area contributed by atoms with Crippen LogP contribution in [0.15, 0.2) is 43.1 Å². The van der Waals surface area contributed by atoms with Crippen molar-refractivity contribution in [3.8, 4) is 17.0 Å². The maximum absolute atomic E-state index is 5.62. The molecule has 3 aromatic rings. The van der Waals surface area contributed by atoms with Gasteiger partial charge in [0.25, 0.3) is 0 Å². The first-order valence-electron chi connectivity index (χ1n) is 7.34. The van der Waals surface area contributed by atoms with Crippen LogP contribution in [0.2, 0.25) is 0 Å². The van der Waals surface area contributed by atoms with E-state index in [0.29, 0.717) is 13.2 Å². The molecule has 0 spiro atoms. The van der Waals surface area contributed by atoms with Crippen LogP contribution in [0.25, 0.3) is 11.3 Å². The summed E-state index contributed by atoms with van der Waals surface area (Å²) in [7, 11) is 1.63. The van der Waals surface area contributed by atoms with E-state index >= 15 is 0 Å². The van der Waals surface area contributed by atoms with E-state index in [9.17, 15) is 0 Å². The van der Waals surface area contributed by atoms with E-state index in [1.54, 1.807) is 31.8 Å². The Morgan fingerprint density at radius 1 is 1.22 bits per heavy atom. The molecular weight excluding hydrogens is 296 g/mol. The highest BCUT2D eigenvalue weighted by molar-refractivity contribution is 5.64. The number of hydrogen-bond donors (Lipinski definition) is 0. The molecule has 0 amide bonds. The largest absolute Gasteiger partial charge is 0.496 e. The molecule has 3 aromatic heterocycles. The molecule has 1 aliphatic heterocycles. The van der Waals surface area contributed by atoms with Gasteiger partial charge in [-0.1, -0.05) is 5.21 Å². The highest BCUT2D eigenvalue weighted by Crippen LogP contribution is 2.31. The van der Waals surface area contributed by atoms with Gasteiger partial charge in [-0.05, 0) is 12.1 Å². The third-order valence-electron chi connectivity index (χ3n) is 4.01. The van der Waals surface area contributed by atoms with Gasteiger partial charge in [0.15, 0.2) is 0 Å². The van der Waals surface area contributed by atoms with Gasteiger partial charge in [0.2, 0.25) is 0 Å². The Kier molecular flexibility index (Phi) is 3.51. The average Bonchev–Trinajstić information content (AvgIpc) is 3.33. The minimum Gasteiger partial charge on any atom is -0.496 e. The van der Waals surface area contributed by atoms with E-state index < -0.39 is 0 Å². The van der Waals surface area contributed by atoms with Gasteiger partial charge in [0, 0.05) is 24.8 Å². The maximum atomic E-state index is 5.62. The molecule has 0 unspecified atom stereocenters. The Bertz CT molecular complexity index is 785. The molecule has 1 fully saturated rings. The Hall–Kier alpha value is -2.74. The molecule has 118 valence electrons. The highest BCUT2D eigenvalue weighted by Gasteiger charge is 2.32. The normalized spacial score (nSPS) is 20.7. The number of hydrogen-bond acceptors (Lipinski definition) is 6. The molecule has 1 aliphatic rings. The molecule has 0 aliphatic carbocycles. The summed E-state index contributed by atoms with van der Waals surface area (Å²) < 4.78 is 14.7. The quantitative estimate of drug-likeness (QED) is 0.723.